The largest absolute Gasteiger partial charge is 0.326 e. The van der Waals surface area contributed by atoms with Crippen LogP contribution in [0.2, 0.25) is 0 Å². The van der Waals surface area contributed by atoms with E-state index in [9.17, 15) is 4.79 Å². The van der Waals surface area contributed by atoms with E-state index in [2.05, 4.69) is 0 Å². The predicted molar refractivity (Wildman–Crippen MR) is 78.2 cm³/mol. The Balaban J connectivity index is 2.30. The minimum absolute atomic E-state index is 0.0269. The summed E-state index contributed by atoms with van der Waals surface area (Å²) in [5.41, 5.74) is 9.35. The molecule has 1 amide bonds. The van der Waals surface area contributed by atoms with Gasteiger partial charge in [0, 0.05) is 24.8 Å². The van der Waals surface area contributed by atoms with Gasteiger partial charge in [0.1, 0.15) is 0 Å². The Labute approximate surface area is 113 Å². The summed E-state index contributed by atoms with van der Waals surface area (Å²) >= 11 is 0. The molecule has 19 heavy (non-hydrogen) atoms. The Morgan fingerprint density at radius 1 is 1.11 bits per heavy atom. The molecule has 0 fully saturated rings. The maximum atomic E-state index is 12.4. The number of carbonyl (C=O) groups is 1. The second-order valence-corrected chi connectivity index (χ2v) is 4.56. The third-order valence-corrected chi connectivity index (χ3v) is 3.18. The molecule has 0 aliphatic carbocycles. The van der Waals surface area contributed by atoms with Gasteiger partial charge in [-0.2, -0.15) is 0 Å². The normalized spacial score (nSPS) is 10.3. The van der Waals surface area contributed by atoms with Crippen molar-refractivity contribution in [1.82, 2.24) is 0 Å². The van der Waals surface area contributed by atoms with E-state index in [-0.39, 0.29) is 5.91 Å². The lowest BCUT2D eigenvalue weighted by atomic mass is 10.1. The molecule has 0 bridgehead atoms. The highest BCUT2D eigenvalue weighted by Gasteiger charge is 2.15. The average Bonchev–Trinajstić information content (AvgIpc) is 2.46. The summed E-state index contributed by atoms with van der Waals surface area (Å²) in [6, 6.07) is 15.3. The molecule has 0 atom stereocenters. The number of rotatable bonds is 3. The van der Waals surface area contributed by atoms with Gasteiger partial charge in [-0.25, -0.2) is 0 Å². The Bertz CT molecular complexity index is 576. The van der Waals surface area contributed by atoms with Crippen LogP contribution in [0.25, 0.3) is 0 Å². The molecule has 2 aromatic rings. The number of carbonyl (C=O) groups excluding carboxylic acids is 1. The average molecular weight is 254 g/mol. The molecule has 0 spiro atoms. The van der Waals surface area contributed by atoms with Gasteiger partial charge in [-0.1, -0.05) is 35.9 Å². The van der Waals surface area contributed by atoms with E-state index in [0.29, 0.717) is 12.1 Å². The number of para-hydroxylation sites is 1. The zero-order valence-corrected chi connectivity index (χ0v) is 11.3. The number of amides is 1. The zero-order valence-electron chi connectivity index (χ0n) is 11.3. The summed E-state index contributed by atoms with van der Waals surface area (Å²) in [4.78, 5) is 14.1. The zero-order chi connectivity index (χ0) is 13.8. The molecule has 0 aromatic heterocycles. The molecule has 3 nitrogen and oxygen atoms in total. The summed E-state index contributed by atoms with van der Waals surface area (Å²) in [6.45, 7) is 2.42. The molecule has 0 aliphatic heterocycles. The smallest absolute Gasteiger partial charge is 0.258 e. The molecule has 3 heteroatoms. The molecule has 2 aromatic carbocycles. The van der Waals surface area contributed by atoms with Crippen LogP contribution in [0.3, 0.4) is 0 Å². The van der Waals surface area contributed by atoms with Crippen LogP contribution in [-0.2, 0) is 6.54 Å². The fourth-order valence-corrected chi connectivity index (χ4v) is 2.01. The molecule has 0 unspecified atom stereocenters. The third kappa shape index (κ3) is 2.83. The first-order chi connectivity index (χ1) is 9.13. The van der Waals surface area contributed by atoms with E-state index < -0.39 is 0 Å². The van der Waals surface area contributed by atoms with E-state index in [1.807, 2.05) is 55.5 Å². The molecular weight excluding hydrogens is 236 g/mol. The van der Waals surface area contributed by atoms with Crippen LogP contribution in [0.1, 0.15) is 21.5 Å². The van der Waals surface area contributed by atoms with Crippen molar-refractivity contribution in [2.45, 2.75) is 13.5 Å². The first-order valence-corrected chi connectivity index (χ1v) is 6.26. The molecule has 2 N–H and O–H groups in total. The van der Waals surface area contributed by atoms with Crippen LogP contribution >= 0.6 is 0 Å². The maximum absolute atomic E-state index is 12.4. The topological polar surface area (TPSA) is 46.3 Å². The SMILES string of the molecule is Cc1ccc(C(=O)N(C)c2ccccc2CN)cc1. The molecule has 0 heterocycles. The van der Waals surface area contributed by atoms with Crippen molar-refractivity contribution in [3.05, 3.63) is 65.2 Å². The predicted octanol–water partition coefficient (Wildman–Crippen LogP) is 2.73. The highest BCUT2D eigenvalue weighted by atomic mass is 16.2. The van der Waals surface area contributed by atoms with Crippen LogP contribution < -0.4 is 10.6 Å². The Morgan fingerprint density at radius 3 is 2.37 bits per heavy atom. The first-order valence-electron chi connectivity index (χ1n) is 6.26. The number of nitrogens with two attached hydrogens (primary N) is 1. The van der Waals surface area contributed by atoms with Gasteiger partial charge in [-0.15, -0.1) is 0 Å². The molecule has 0 radical (unpaired) electrons. The number of anilines is 1. The van der Waals surface area contributed by atoms with Crippen LogP contribution in [0.15, 0.2) is 48.5 Å². The van der Waals surface area contributed by atoms with Gasteiger partial charge >= 0.3 is 0 Å². The second kappa shape index (κ2) is 5.67. The van der Waals surface area contributed by atoms with Crippen molar-refractivity contribution in [1.29, 1.82) is 0 Å². The van der Waals surface area contributed by atoms with Gasteiger partial charge in [0.05, 0.1) is 0 Å². The van der Waals surface area contributed by atoms with E-state index in [0.717, 1.165) is 16.8 Å². The molecule has 0 saturated carbocycles. The lowest BCUT2D eigenvalue weighted by molar-refractivity contribution is 0.0993. The minimum Gasteiger partial charge on any atom is -0.326 e. The van der Waals surface area contributed by atoms with E-state index in [4.69, 9.17) is 5.73 Å². The summed E-state index contributed by atoms with van der Waals surface area (Å²) in [7, 11) is 1.77. The summed E-state index contributed by atoms with van der Waals surface area (Å²) < 4.78 is 0. The van der Waals surface area contributed by atoms with Crippen molar-refractivity contribution in [3.63, 3.8) is 0 Å². The van der Waals surface area contributed by atoms with E-state index in [1.165, 1.54) is 0 Å². The lowest BCUT2D eigenvalue weighted by Gasteiger charge is -2.20. The van der Waals surface area contributed by atoms with Crippen LogP contribution in [0, 0.1) is 6.92 Å². The van der Waals surface area contributed by atoms with Gasteiger partial charge in [0.15, 0.2) is 0 Å². The fraction of sp³-hybridized carbons (Fsp3) is 0.188. The molecular formula is C16H18N2O. The highest BCUT2D eigenvalue weighted by Crippen LogP contribution is 2.20. The third-order valence-electron chi connectivity index (χ3n) is 3.18. The molecule has 2 rings (SSSR count). The van der Waals surface area contributed by atoms with Gasteiger partial charge in [-0.3, -0.25) is 4.79 Å². The van der Waals surface area contributed by atoms with Crippen LogP contribution in [0.4, 0.5) is 5.69 Å². The Kier molecular flexibility index (Phi) is 3.97. The number of hydrogen-bond acceptors (Lipinski definition) is 2. The monoisotopic (exact) mass is 254 g/mol. The molecule has 0 saturated heterocycles. The summed E-state index contributed by atoms with van der Waals surface area (Å²) in [6.07, 6.45) is 0. The number of hydrogen-bond donors (Lipinski definition) is 1. The van der Waals surface area contributed by atoms with Crippen molar-refractivity contribution < 1.29 is 4.79 Å². The van der Waals surface area contributed by atoms with Crippen molar-refractivity contribution in [2.75, 3.05) is 11.9 Å². The lowest BCUT2D eigenvalue weighted by Crippen LogP contribution is -2.27. The Hall–Kier alpha value is -2.13. The number of nitrogens with zero attached hydrogens (tertiary/aromatic N) is 1. The molecule has 0 aliphatic rings. The van der Waals surface area contributed by atoms with Gasteiger partial charge in [-0.05, 0) is 30.7 Å². The minimum atomic E-state index is -0.0269. The van der Waals surface area contributed by atoms with E-state index in [1.54, 1.807) is 11.9 Å². The van der Waals surface area contributed by atoms with Crippen molar-refractivity contribution >= 4 is 11.6 Å². The quantitative estimate of drug-likeness (QED) is 0.915. The van der Waals surface area contributed by atoms with Crippen LogP contribution in [0.5, 0.6) is 0 Å². The number of benzene rings is 2. The second-order valence-electron chi connectivity index (χ2n) is 4.56. The Morgan fingerprint density at radius 2 is 1.74 bits per heavy atom. The molecule has 98 valence electrons. The summed E-state index contributed by atoms with van der Waals surface area (Å²) in [5.74, 6) is -0.0269. The van der Waals surface area contributed by atoms with Gasteiger partial charge in [0.25, 0.3) is 5.91 Å². The fourth-order valence-electron chi connectivity index (χ4n) is 2.01. The van der Waals surface area contributed by atoms with Crippen molar-refractivity contribution in [3.8, 4) is 0 Å². The van der Waals surface area contributed by atoms with Gasteiger partial charge in [0.2, 0.25) is 0 Å². The van der Waals surface area contributed by atoms with Crippen molar-refractivity contribution in [2.24, 2.45) is 5.73 Å². The number of aryl methyl sites for hydroxylation is 1. The van der Waals surface area contributed by atoms with E-state index >= 15 is 0 Å². The standard InChI is InChI=1S/C16H18N2O/c1-12-7-9-13(10-8-12)16(19)18(2)15-6-4-3-5-14(15)11-17/h3-10H,11,17H2,1-2H3. The first kappa shape index (κ1) is 13.3. The maximum Gasteiger partial charge on any atom is 0.258 e. The van der Waals surface area contributed by atoms with Crippen LogP contribution in [-0.4, -0.2) is 13.0 Å². The summed E-state index contributed by atoms with van der Waals surface area (Å²) in [5, 5.41) is 0. The van der Waals surface area contributed by atoms with Gasteiger partial charge < -0.3 is 10.6 Å². The highest BCUT2D eigenvalue weighted by molar-refractivity contribution is 6.06.